The number of methoxy groups -OCH3 is 1. The minimum Gasteiger partial charge on any atom is -0.469 e. The van der Waals surface area contributed by atoms with Crippen LogP contribution in [0.1, 0.15) is 32.6 Å². The van der Waals surface area contributed by atoms with Crippen LogP contribution in [0.5, 0.6) is 0 Å². The summed E-state index contributed by atoms with van der Waals surface area (Å²) in [6, 6.07) is 0. The molecule has 0 amide bonds. The predicted molar refractivity (Wildman–Crippen MR) is 58.5 cm³/mol. The van der Waals surface area contributed by atoms with Crippen LogP contribution in [-0.4, -0.2) is 25.3 Å². The van der Waals surface area contributed by atoms with E-state index in [0.717, 1.165) is 19.3 Å². The summed E-state index contributed by atoms with van der Waals surface area (Å²) < 4.78 is 10.5. The van der Waals surface area contributed by atoms with Crippen molar-refractivity contribution in [3.8, 4) is 0 Å². The lowest BCUT2D eigenvalue weighted by Gasteiger charge is -2.34. The molecular formula is C12H20O3. The number of carbonyl (C=O) groups is 1. The zero-order valence-corrected chi connectivity index (χ0v) is 9.57. The van der Waals surface area contributed by atoms with Crippen LogP contribution in [-0.2, 0) is 14.3 Å². The molecular weight excluding hydrogens is 192 g/mol. The minimum absolute atomic E-state index is 0.0103. The van der Waals surface area contributed by atoms with Gasteiger partial charge in [0.15, 0.2) is 0 Å². The first kappa shape index (κ1) is 12.2. The Kier molecular flexibility index (Phi) is 4.82. The lowest BCUT2D eigenvalue weighted by Crippen LogP contribution is -2.35. The molecule has 15 heavy (non-hydrogen) atoms. The molecule has 1 aliphatic heterocycles. The third kappa shape index (κ3) is 3.67. The fourth-order valence-electron chi connectivity index (χ4n) is 1.94. The fraction of sp³-hybridized carbons (Fsp3) is 0.750. The van der Waals surface area contributed by atoms with Gasteiger partial charge in [-0.1, -0.05) is 13.0 Å². The van der Waals surface area contributed by atoms with Crippen LogP contribution in [0.4, 0.5) is 0 Å². The minimum atomic E-state index is -0.189. The van der Waals surface area contributed by atoms with Crippen molar-refractivity contribution in [2.45, 2.75) is 44.8 Å². The summed E-state index contributed by atoms with van der Waals surface area (Å²) in [7, 11) is 1.41. The van der Waals surface area contributed by atoms with Crippen molar-refractivity contribution in [3.63, 3.8) is 0 Å². The van der Waals surface area contributed by atoms with E-state index >= 15 is 0 Å². The first-order valence-electron chi connectivity index (χ1n) is 5.50. The van der Waals surface area contributed by atoms with Crippen LogP contribution in [0, 0.1) is 5.92 Å². The third-order valence-corrected chi connectivity index (χ3v) is 2.97. The molecule has 1 aliphatic rings. The number of ether oxygens (including phenoxy) is 2. The lowest BCUT2D eigenvalue weighted by molar-refractivity contribution is -0.149. The summed E-state index contributed by atoms with van der Waals surface area (Å²) in [6.07, 6.45) is 5.51. The van der Waals surface area contributed by atoms with Crippen molar-refractivity contribution >= 4 is 5.97 Å². The van der Waals surface area contributed by atoms with Crippen LogP contribution >= 0.6 is 0 Å². The van der Waals surface area contributed by atoms with Gasteiger partial charge in [0.1, 0.15) is 0 Å². The van der Waals surface area contributed by atoms with Gasteiger partial charge in [0.05, 0.1) is 25.7 Å². The second-order valence-corrected chi connectivity index (χ2v) is 4.16. The summed E-state index contributed by atoms with van der Waals surface area (Å²) in [4.78, 5) is 11.2. The molecule has 1 heterocycles. The van der Waals surface area contributed by atoms with Crippen LogP contribution in [0.15, 0.2) is 12.7 Å². The number of hydrogen-bond acceptors (Lipinski definition) is 3. The largest absolute Gasteiger partial charge is 0.469 e. The normalized spacial score (nSPS) is 30.9. The molecule has 0 aromatic carbocycles. The van der Waals surface area contributed by atoms with Gasteiger partial charge in [-0.15, -0.1) is 6.58 Å². The van der Waals surface area contributed by atoms with E-state index in [2.05, 4.69) is 18.2 Å². The van der Waals surface area contributed by atoms with Crippen molar-refractivity contribution in [1.82, 2.24) is 0 Å². The lowest BCUT2D eigenvalue weighted by atomic mass is 9.90. The molecule has 86 valence electrons. The van der Waals surface area contributed by atoms with Gasteiger partial charge in [-0.25, -0.2) is 0 Å². The van der Waals surface area contributed by atoms with Crippen molar-refractivity contribution in [2.75, 3.05) is 7.11 Å². The van der Waals surface area contributed by atoms with Gasteiger partial charge in [0.25, 0.3) is 0 Å². The molecule has 0 spiro atoms. The van der Waals surface area contributed by atoms with Crippen LogP contribution in [0.3, 0.4) is 0 Å². The summed E-state index contributed by atoms with van der Waals surface area (Å²) in [6.45, 7) is 5.83. The van der Waals surface area contributed by atoms with Gasteiger partial charge >= 0.3 is 5.97 Å². The molecule has 3 atom stereocenters. The Morgan fingerprint density at radius 3 is 2.93 bits per heavy atom. The average molecular weight is 212 g/mol. The second-order valence-electron chi connectivity index (χ2n) is 4.16. The highest BCUT2D eigenvalue weighted by Crippen LogP contribution is 2.28. The smallest absolute Gasteiger partial charge is 0.308 e. The molecule has 0 aromatic rings. The summed E-state index contributed by atoms with van der Waals surface area (Å²) >= 11 is 0. The summed E-state index contributed by atoms with van der Waals surface area (Å²) in [5.41, 5.74) is 0. The van der Waals surface area contributed by atoms with E-state index in [0.29, 0.717) is 12.3 Å². The van der Waals surface area contributed by atoms with Gasteiger partial charge in [-0.2, -0.15) is 0 Å². The molecule has 3 nitrogen and oxygen atoms in total. The average Bonchev–Trinajstić information content (AvgIpc) is 2.23. The van der Waals surface area contributed by atoms with E-state index in [4.69, 9.17) is 4.74 Å². The molecule has 0 unspecified atom stereocenters. The van der Waals surface area contributed by atoms with Crippen molar-refractivity contribution in [1.29, 1.82) is 0 Å². The van der Waals surface area contributed by atoms with E-state index in [1.165, 1.54) is 7.11 Å². The molecule has 0 aliphatic carbocycles. The summed E-state index contributed by atoms with van der Waals surface area (Å²) in [5, 5.41) is 0. The molecule has 0 radical (unpaired) electrons. The molecule has 3 heteroatoms. The van der Waals surface area contributed by atoms with E-state index in [1.54, 1.807) is 0 Å². The number of esters is 1. The summed E-state index contributed by atoms with van der Waals surface area (Å²) in [5.74, 6) is 0.247. The van der Waals surface area contributed by atoms with Gasteiger partial charge in [-0.05, 0) is 25.2 Å². The zero-order chi connectivity index (χ0) is 11.3. The van der Waals surface area contributed by atoms with Crippen molar-refractivity contribution in [3.05, 3.63) is 12.7 Å². The molecule has 1 fully saturated rings. The molecule has 0 N–H and O–H groups in total. The maximum atomic E-state index is 11.2. The quantitative estimate of drug-likeness (QED) is 0.530. The van der Waals surface area contributed by atoms with Crippen LogP contribution in [0.25, 0.3) is 0 Å². The molecule has 1 rings (SSSR count). The number of hydrogen-bond donors (Lipinski definition) is 0. The van der Waals surface area contributed by atoms with Gasteiger partial charge in [0.2, 0.25) is 0 Å². The van der Waals surface area contributed by atoms with E-state index < -0.39 is 0 Å². The first-order chi connectivity index (χ1) is 7.17. The van der Waals surface area contributed by atoms with Gasteiger partial charge in [-0.3, -0.25) is 4.79 Å². The fourth-order valence-corrected chi connectivity index (χ4v) is 1.94. The topological polar surface area (TPSA) is 35.5 Å². The number of rotatable bonds is 4. The molecule has 1 saturated heterocycles. The van der Waals surface area contributed by atoms with Gasteiger partial charge in [0, 0.05) is 0 Å². The van der Waals surface area contributed by atoms with E-state index in [9.17, 15) is 4.79 Å². The standard InChI is InChI=1S/C12H20O3/c1-4-5-10-7-6-9(2)11(15-10)8-12(13)14-3/h4,9-11H,1,5-8H2,2-3H3/t9-,10-,11+/m0/s1. The van der Waals surface area contributed by atoms with E-state index in [1.807, 2.05) is 6.08 Å². The molecule has 0 aromatic heterocycles. The maximum absolute atomic E-state index is 11.2. The molecule has 0 saturated carbocycles. The highest BCUT2D eigenvalue weighted by Gasteiger charge is 2.29. The van der Waals surface area contributed by atoms with Crippen molar-refractivity contribution < 1.29 is 14.3 Å². The highest BCUT2D eigenvalue weighted by molar-refractivity contribution is 5.69. The Bertz CT molecular complexity index is 225. The Hall–Kier alpha value is -0.830. The molecule has 0 bridgehead atoms. The first-order valence-corrected chi connectivity index (χ1v) is 5.50. The third-order valence-electron chi connectivity index (χ3n) is 2.97. The highest BCUT2D eigenvalue weighted by atomic mass is 16.5. The maximum Gasteiger partial charge on any atom is 0.308 e. The zero-order valence-electron chi connectivity index (χ0n) is 9.57. The number of carbonyl (C=O) groups excluding carboxylic acids is 1. The van der Waals surface area contributed by atoms with Gasteiger partial charge < -0.3 is 9.47 Å². The monoisotopic (exact) mass is 212 g/mol. The second kappa shape index (κ2) is 5.91. The Morgan fingerprint density at radius 2 is 2.33 bits per heavy atom. The Labute approximate surface area is 91.4 Å². The van der Waals surface area contributed by atoms with Crippen LogP contribution < -0.4 is 0 Å². The SMILES string of the molecule is C=CC[C@H]1CC[C@H](C)[C@@H](CC(=O)OC)O1. The van der Waals surface area contributed by atoms with E-state index in [-0.39, 0.29) is 18.2 Å². The van der Waals surface area contributed by atoms with Crippen molar-refractivity contribution in [2.24, 2.45) is 5.92 Å². The van der Waals surface area contributed by atoms with Crippen LogP contribution in [0.2, 0.25) is 0 Å². The Balaban J connectivity index is 2.45. The Morgan fingerprint density at radius 1 is 1.60 bits per heavy atom. The predicted octanol–water partition coefficient (Wildman–Crippen LogP) is 2.31.